The summed E-state index contributed by atoms with van der Waals surface area (Å²) in [5.74, 6) is -0.396. The van der Waals surface area contributed by atoms with Crippen molar-refractivity contribution in [3.05, 3.63) is 94.3 Å². The molecule has 1 heterocycles. The van der Waals surface area contributed by atoms with Gasteiger partial charge in [-0.05, 0) is 80.8 Å². The molecule has 1 N–H and O–H groups in total. The lowest BCUT2D eigenvalue weighted by atomic mass is 9.90. The molecule has 0 spiro atoms. The van der Waals surface area contributed by atoms with Crippen LogP contribution in [0.25, 0.3) is 11.1 Å². The van der Waals surface area contributed by atoms with Crippen LogP contribution in [-0.2, 0) is 26.2 Å². The highest BCUT2D eigenvalue weighted by Gasteiger charge is 2.46. The van der Waals surface area contributed by atoms with Crippen molar-refractivity contribution in [2.45, 2.75) is 76.5 Å². The molecule has 1 saturated carbocycles. The fourth-order valence-corrected chi connectivity index (χ4v) is 5.71. The summed E-state index contributed by atoms with van der Waals surface area (Å²) < 4.78 is 19.4. The van der Waals surface area contributed by atoms with E-state index in [1.807, 2.05) is 20.8 Å². The van der Waals surface area contributed by atoms with Crippen molar-refractivity contribution in [1.29, 1.82) is 0 Å². The van der Waals surface area contributed by atoms with Gasteiger partial charge in [-0.2, -0.15) is 5.48 Å². The number of carbonyl (C=O) groups is 1. The third-order valence-corrected chi connectivity index (χ3v) is 8.36. The van der Waals surface area contributed by atoms with Crippen LogP contribution in [0.15, 0.2) is 71.7 Å². The lowest BCUT2D eigenvalue weighted by Crippen LogP contribution is -2.24. The standard InChI is InChI=1S/C33H36ClFN2O3/c1-4-39-30(38)20-33(18-19-33)26-15-13-24(14-16-26)23-9-11-25(12-10-23)32-31(22(3)37-40-32)36-21(2)8-17-27-28(34)6-5-7-29(27)35/h5-7,9-16,21-22,32,37H,4,8,17-20H2,1-3H3. The Morgan fingerprint density at radius 3 is 2.42 bits per heavy atom. The van der Waals surface area contributed by atoms with Crippen LogP contribution in [0.5, 0.6) is 0 Å². The van der Waals surface area contributed by atoms with Crippen LogP contribution < -0.4 is 5.48 Å². The van der Waals surface area contributed by atoms with Crippen molar-refractivity contribution >= 4 is 23.3 Å². The van der Waals surface area contributed by atoms with Gasteiger partial charge in [-0.1, -0.05) is 66.2 Å². The van der Waals surface area contributed by atoms with Crippen molar-refractivity contribution in [2.24, 2.45) is 4.99 Å². The molecule has 3 aromatic rings. The maximum Gasteiger partial charge on any atom is 0.306 e. The lowest BCUT2D eigenvalue weighted by Gasteiger charge is -2.16. The van der Waals surface area contributed by atoms with Crippen molar-refractivity contribution in [1.82, 2.24) is 5.48 Å². The molecular weight excluding hydrogens is 527 g/mol. The number of esters is 1. The second kappa shape index (κ2) is 12.2. The molecule has 3 atom stereocenters. The molecule has 7 heteroatoms. The first kappa shape index (κ1) is 28.5. The van der Waals surface area contributed by atoms with E-state index in [0.717, 1.165) is 35.2 Å². The number of hydroxylamine groups is 1. The summed E-state index contributed by atoms with van der Waals surface area (Å²) in [5.41, 5.74) is 8.92. The summed E-state index contributed by atoms with van der Waals surface area (Å²) >= 11 is 6.20. The van der Waals surface area contributed by atoms with Gasteiger partial charge in [0.25, 0.3) is 0 Å². The first-order valence-electron chi connectivity index (χ1n) is 14.1. The molecule has 5 rings (SSSR count). The average molecular weight is 563 g/mol. The Kier molecular flexibility index (Phi) is 8.69. The molecule has 2 aliphatic rings. The van der Waals surface area contributed by atoms with Gasteiger partial charge in [-0.25, -0.2) is 4.39 Å². The van der Waals surface area contributed by atoms with E-state index < -0.39 is 0 Å². The molecule has 1 saturated heterocycles. The number of benzene rings is 3. The number of ether oxygens (including phenoxy) is 1. The zero-order valence-electron chi connectivity index (χ0n) is 23.3. The van der Waals surface area contributed by atoms with Gasteiger partial charge in [-0.15, -0.1) is 0 Å². The molecule has 0 bridgehead atoms. The Balaban J connectivity index is 1.25. The van der Waals surface area contributed by atoms with E-state index in [1.54, 1.807) is 12.1 Å². The normalized spacial score (nSPS) is 21.4. The Bertz CT molecular complexity index is 1350. The summed E-state index contributed by atoms with van der Waals surface area (Å²) in [4.78, 5) is 22.9. The third kappa shape index (κ3) is 6.30. The minimum atomic E-state index is -0.288. The second-order valence-electron chi connectivity index (χ2n) is 10.9. The third-order valence-electron chi connectivity index (χ3n) is 8.00. The molecule has 1 aliphatic carbocycles. The summed E-state index contributed by atoms with van der Waals surface area (Å²) in [6.07, 6.45) is 3.40. The molecule has 3 unspecified atom stereocenters. The van der Waals surface area contributed by atoms with E-state index >= 15 is 0 Å². The van der Waals surface area contributed by atoms with Gasteiger partial charge < -0.3 is 4.74 Å². The Labute approximate surface area is 240 Å². The molecule has 210 valence electrons. The number of aliphatic imine (C=N–C) groups is 1. The van der Waals surface area contributed by atoms with Crippen LogP contribution in [0.4, 0.5) is 4.39 Å². The van der Waals surface area contributed by atoms with Crippen LogP contribution in [0.2, 0.25) is 5.02 Å². The highest BCUT2D eigenvalue weighted by Crippen LogP contribution is 2.51. The van der Waals surface area contributed by atoms with Crippen LogP contribution in [0.1, 0.15) is 69.2 Å². The average Bonchev–Trinajstić information content (AvgIpc) is 3.64. The number of rotatable bonds is 10. The number of halogens is 2. The molecular formula is C33H36ClFN2O3. The van der Waals surface area contributed by atoms with E-state index in [9.17, 15) is 9.18 Å². The molecule has 40 heavy (non-hydrogen) atoms. The zero-order chi connectivity index (χ0) is 28.3. The highest BCUT2D eigenvalue weighted by atomic mass is 35.5. The van der Waals surface area contributed by atoms with Crippen molar-refractivity contribution in [3.63, 3.8) is 0 Å². The zero-order valence-corrected chi connectivity index (χ0v) is 24.0. The number of hydrogen-bond acceptors (Lipinski definition) is 5. The predicted molar refractivity (Wildman–Crippen MR) is 157 cm³/mol. The maximum absolute atomic E-state index is 14.2. The highest BCUT2D eigenvalue weighted by molar-refractivity contribution is 6.31. The van der Waals surface area contributed by atoms with E-state index in [1.165, 1.54) is 11.6 Å². The van der Waals surface area contributed by atoms with Crippen LogP contribution in [-0.4, -0.2) is 30.4 Å². The lowest BCUT2D eigenvalue weighted by molar-refractivity contribution is -0.143. The van der Waals surface area contributed by atoms with E-state index in [0.29, 0.717) is 36.5 Å². The Morgan fingerprint density at radius 2 is 1.80 bits per heavy atom. The Morgan fingerprint density at radius 1 is 1.12 bits per heavy atom. The quantitative estimate of drug-likeness (QED) is 0.259. The molecule has 5 nitrogen and oxygen atoms in total. The van der Waals surface area contributed by atoms with Gasteiger partial charge >= 0.3 is 5.97 Å². The monoisotopic (exact) mass is 562 g/mol. The molecule has 0 radical (unpaired) electrons. The van der Waals surface area contributed by atoms with Gasteiger partial charge in [0.2, 0.25) is 0 Å². The number of nitrogens with one attached hydrogen (secondary N) is 1. The Hall–Kier alpha value is -3.06. The van der Waals surface area contributed by atoms with Crippen LogP contribution >= 0.6 is 11.6 Å². The molecule has 0 amide bonds. The first-order chi connectivity index (χ1) is 19.3. The number of nitrogens with zero attached hydrogens (tertiary/aromatic N) is 1. The summed E-state index contributed by atoms with van der Waals surface area (Å²) in [5, 5.41) is 0.454. The minimum Gasteiger partial charge on any atom is -0.466 e. The van der Waals surface area contributed by atoms with Gasteiger partial charge in [0.15, 0.2) is 0 Å². The van der Waals surface area contributed by atoms with Crippen LogP contribution in [0, 0.1) is 5.82 Å². The van der Waals surface area contributed by atoms with Crippen molar-refractivity contribution in [2.75, 3.05) is 6.61 Å². The topological polar surface area (TPSA) is 59.9 Å². The number of carbonyl (C=O) groups excluding carboxylic acids is 1. The van der Waals surface area contributed by atoms with Gasteiger partial charge in [0, 0.05) is 22.0 Å². The minimum absolute atomic E-state index is 0.0181. The largest absolute Gasteiger partial charge is 0.466 e. The summed E-state index contributed by atoms with van der Waals surface area (Å²) in [6.45, 7) is 6.33. The predicted octanol–water partition coefficient (Wildman–Crippen LogP) is 7.56. The van der Waals surface area contributed by atoms with Crippen molar-refractivity contribution in [3.8, 4) is 11.1 Å². The fraction of sp³-hybridized carbons (Fsp3) is 0.394. The summed E-state index contributed by atoms with van der Waals surface area (Å²) in [6, 6.07) is 21.6. The van der Waals surface area contributed by atoms with Gasteiger partial charge in [0.05, 0.1) is 24.8 Å². The second-order valence-corrected chi connectivity index (χ2v) is 11.3. The van der Waals surface area contributed by atoms with E-state index in [4.69, 9.17) is 26.2 Å². The number of hydrogen-bond donors (Lipinski definition) is 1. The summed E-state index contributed by atoms with van der Waals surface area (Å²) in [7, 11) is 0. The van der Waals surface area contributed by atoms with Gasteiger partial charge in [0.1, 0.15) is 11.9 Å². The SMILES string of the molecule is CCOC(=O)CC1(c2ccc(-c3ccc(C4ONC(C)C4=NC(C)CCc4c(F)cccc4Cl)cc3)cc2)CC1. The fourth-order valence-electron chi connectivity index (χ4n) is 5.45. The molecule has 3 aromatic carbocycles. The molecule has 1 aliphatic heterocycles. The van der Waals surface area contributed by atoms with Crippen molar-refractivity contribution < 1.29 is 18.8 Å². The van der Waals surface area contributed by atoms with E-state index in [2.05, 4.69) is 54.0 Å². The van der Waals surface area contributed by atoms with Gasteiger partial charge in [-0.3, -0.25) is 14.6 Å². The smallest absolute Gasteiger partial charge is 0.306 e. The van der Waals surface area contributed by atoms with E-state index in [-0.39, 0.29) is 35.4 Å². The van der Waals surface area contributed by atoms with Crippen LogP contribution in [0.3, 0.4) is 0 Å². The molecule has 2 fully saturated rings. The maximum atomic E-state index is 14.2. The molecule has 0 aromatic heterocycles. The first-order valence-corrected chi connectivity index (χ1v) is 14.5.